The molecule has 0 bridgehead atoms. The Kier molecular flexibility index (Phi) is 9.88. The van der Waals surface area contributed by atoms with Crippen molar-refractivity contribution in [1.29, 1.82) is 0 Å². The third kappa shape index (κ3) is 7.34. The fourth-order valence-corrected chi connectivity index (χ4v) is 4.92. The zero-order chi connectivity index (χ0) is 26.0. The standard InChI is InChI=1S/C19H19ClN4O2S.C4H4O4/c1-3-18(15-6-4-8-22-12-15)27(25,26)24-13-14(11-21-2)10-17(24)16-7-5-9-23-19(16)20;5-3(6)1-2-4(7)8/h3-10,12-13,18,21H,1,11H2,2H3;1-2H,(H,5,6)(H,7,8)/b;2-1+. The summed E-state index contributed by atoms with van der Waals surface area (Å²) >= 11 is 6.23. The summed E-state index contributed by atoms with van der Waals surface area (Å²) in [6, 6.07) is 8.66. The largest absolute Gasteiger partial charge is 0.478 e. The molecule has 3 N–H and O–H groups in total. The summed E-state index contributed by atoms with van der Waals surface area (Å²) < 4.78 is 28.2. The number of halogens is 1. The summed E-state index contributed by atoms with van der Waals surface area (Å²) in [6.07, 6.45) is 8.79. The number of carbonyl (C=O) groups is 2. The van der Waals surface area contributed by atoms with Crippen LogP contribution in [0.3, 0.4) is 0 Å². The highest BCUT2D eigenvalue weighted by atomic mass is 35.5. The number of carboxylic acid groups (broad SMARTS) is 2. The van der Waals surface area contributed by atoms with Gasteiger partial charge in [-0.3, -0.25) is 4.98 Å². The molecule has 3 heterocycles. The van der Waals surface area contributed by atoms with Gasteiger partial charge in [0.25, 0.3) is 0 Å². The quantitative estimate of drug-likeness (QED) is 0.220. The van der Waals surface area contributed by atoms with Crippen LogP contribution in [0.2, 0.25) is 5.15 Å². The number of nitrogens with one attached hydrogen (secondary N) is 1. The van der Waals surface area contributed by atoms with Gasteiger partial charge in [-0.2, -0.15) is 0 Å². The molecule has 0 aliphatic rings. The first-order valence-electron chi connectivity index (χ1n) is 9.99. The first-order valence-corrected chi connectivity index (χ1v) is 11.9. The van der Waals surface area contributed by atoms with Gasteiger partial charge in [-0.1, -0.05) is 23.7 Å². The van der Waals surface area contributed by atoms with Crippen LogP contribution in [0.1, 0.15) is 16.4 Å². The van der Waals surface area contributed by atoms with Gasteiger partial charge in [0.15, 0.2) is 0 Å². The van der Waals surface area contributed by atoms with E-state index in [1.807, 2.05) is 0 Å². The van der Waals surface area contributed by atoms with Crippen LogP contribution in [0.5, 0.6) is 0 Å². The van der Waals surface area contributed by atoms with Crippen LogP contribution >= 0.6 is 11.6 Å². The molecule has 3 rings (SSSR count). The second-order valence-corrected chi connectivity index (χ2v) is 9.19. The molecule has 0 amide bonds. The lowest BCUT2D eigenvalue weighted by atomic mass is 10.2. The molecule has 0 aliphatic heterocycles. The lowest BCUT2D eigenvalue weighted by Gasteiger charge is -2.17. The van der Waals surface area contributed by atoms with E-state index in [1.165, 1.54) is 16.2 Å². The fraction of sp³-hybridized carbons (Fsp3) is 0.130. The van der Waals surface area contributed by atoms with E-state index in [0.29, 0.717) is 35.5 Å². The predicted octanol–water partition coefficient (Wildman–Crippen LogP) is 3.13. The zero-order valence-electron chi connectivity index (χ0n) is 18.6. The zero-order valence-corrected chi connectivity index (χ0v) is 20.1. The van der Waals surface area contributed by atoms with E-state index in [0.717, 1.165) is 5.56 Å². The molecular formula is C23H23ClN4O6S. The number of pyridine rings is 2. The number of aromatic nitrogens is 3. The molecule has 3 aromatic rings. The van der Waals surface area contributed by atoms with E-state index < -0.39 is 27.2 Å². The third-order valence-corrected chi connectivity index (χ3v) is 6.71. The minimum absolute atomic E-state index is 0.236. The molecule has 10 nitrogen and oxygen atoms in total. The first kappa shape index (κ1) is 27.4. The molecule has 35 heavy (non-hydrogen) atoms. The number of rotatable bonds is 9. The number of nitrogens with zero attached hydrogens (tertiary/aromatic N) is 3. The fourth-order valence-electron chi connectivity index (χ4n) is 3.02. The lowest BCUT2D eigenvalue weighted by Crippen LogP contribution is -2.20. The van der Waals surface area contributed by atoms with Gasteiger partial charge >= 0.3 is 11.9 Å². The van der Waals surface area contributed by atoms with Crippen LogP contribution in [0.4, 0.5) is 0 Å². The molecule has 0 saturated carbocycles. The summed E-state index contributed by atoms with van der Waals surface area (Å²) in [5, 5.41) is 17.9. The maximum Gasteiger partial charge on any atom is 0.328 e. The molecule has 0 radical (unpaired) electrons. The number of aliphatic carboxylic acids is 2. The summed E-state index contributed by atoms with van der Waals surface area (Å²) in [7, 11) is -2.06. The van der Waals surface area contributed by atoms with E-state index >= 15 is 0 Å². The van der Waals surface area contributed by atoms with Crippen molar-refractivity contribution in [2.75, 3.05) is 7.05 Å². The summed E-state index contributed by atoms with van der Waals surface area (Å²) in [5.41, 5.74) is 2.35. The first-order chi connectivity index (χ1) is 16.6. The minimum Gasteiger partial charge on any atom is -0.478 e. The third-order valence-electron chi connectivity index (χ3n) is 4.45. The van der Waals surface area contributed by atoms with Crippen molar-refractivity contribution in [2.24, 2.45) is 0 Å². The molecule has 1 unspecified atom stereocenters. The number of hydrogen-bond donors (Lipinski definition) is 3. The topological polar surface area (TPSA) is 151 Å². The van der Waals surface area contributed by atoms with E-state index in [9.17, 15) is 18.0 Å². The van der Waals surface area contributed by atoms with E-state index in [-0.39, 0.29) is 5.15 Å². The van der Waals surface area contributed by atoms with Crippen molar-refractivity contribution in [2.45, 2.75) is 11.8 Å². The van der Waals surface area contributed by atoms with Gasteiger partial charge in [0.2, 0.25) is 10.0 Å². The molecular weight excluding hydrogens is 496 g/mol. The van der Waals surface area contributed by atoms with Crippen molar-refractivity contribution >= 4 is 33.6 Å². The van der Waals surface area contributed by atoms with Gasteiger partial charge in [0.1, 0.15) is 10.4 Å². The van der Waals surface area contributed by atoms with Crippen molar-refractivity contribution in [3.8, 4) is 11.3 Å². The SMILES string of the molecule is C=CC(c1cccnc1)S(=O)(=O)n1cc(CNC)cc1-c1cccnc1Cl.O=C(O)/C=C/C(=O)O. The van der Waals surface area contributed by atoms with Crippen LogP contribution in [-0.2, 0) is 26.2 Å². The highest BCUT2D eigenvalue weighted by molar-refractivity contribution is 7.90. The maximum absolute atomic E-state index is 13.5. The Bertz CT molecular complexity index is 1310. The van der Waals surface area contributed by atoms with Crippen LogP contribution < -0.4 is 5.32 Å². The average Bonchev–Trinajstić information content (AvgIpc) is 3.24. The van der Waals surface area contributed by atoms with E-state index in [4.69, 9.17) is 21.8 Å². The van der Waals surface area contributed by atoms with Gasteiger partial charge in [-0.25, -0.2) is 27.0 Å². The predicted molar refractivity (Wildman–Crippen MR) is 131 cm³/mol. The molecule has 3 aromatic heterocycles. The molecule has 0 aliphatic carbocycles. The number of hydrogen-bond acceptors (Lipinski definition) is 7. The average molecular weight is 519 g/mol. The Morgan fingerprint density at radius 1 is 1.20 bits per heavy atom. The molecule has 0 aromatic carbocycles. The molecule has 184 valence electrons. The van der Waals surface area contributed by atoms with Gasteiger partial charge in [0.05, 0.1) is 5.69 Å². The summed E-state index contributed by atoms with van der Waals surface area (Å²) in [4.78, 5) is 27.2. The Labute approximate surface area is 207 Å². The minimum atomic E-state index is -3.85. The normalized spacial score (nSPS) is 11.9. The molecule has 0 saturated heterocycles. The monoisotopic (exact) mass is 518 g/mol. The van der Waals surface area contributed by atoms with Crippen molar-refractivity contribution in [3.05, 3.63) is 96.2 Å². The highest BCUT2D eigenvalue weighted by Crippen LogP contribution is 2.33. The Hall–Kier alpha value is -3.80. The molecule has 1 atom stereocenters. The molecule has 0 fully saturated rings. The van der Waals surface area contributed by atoms with Crippen LogP contribution in [0.25, 0.3) is 11.3 Å². The Balaban J connectivity index is 0.000000466. The van der Waals surface area contributed by atoms with Gasteiger partial charge in [-0.05, 0) is 42.4 Å². The summed E-state index contributed by atoms with van der Waals surface area (Å²) in [5.74, 6) is -2.51. The van der Waals surface area contributed by atoms with Crippen LogP contribution in [0.15, 0.2) is 79.9 Å². The van der Waals surface area contributed by atoms with E-state index in [1.54, 1.807) is 56.0 Å². The lowest BCUT2D eigenvalue weighted by molar-refractivity contribution is -0.134. The van der Waals surface area contributed by atoms with Crippen molar-refractivity contribution in [3.63, 3.8) is 0 Å². The Morgan fingerprint density at radius 3 is 2.37 bits per heavy atom. The van der Waals surface area contributed by atoms with Crippen molar-refractivity contribution < 1.29 is 28.2 Å². The van der Waals surface area contributed by atoms with Crippen LogP contribution in [0, 0.1) is 0 Å². The van der Waals surface area contributed by atoms with Crippen LogP contribution in [-0.4, -0.2) is 51.6 Å². The Morgan fingerprint density at radius 2 is 1.86 bits per heavy atom. The molecule has 0 spiro atoms. The highest BCUT2D eigenvalue weighted by Gasteiger charge is 2.29. The second kappa shape index (κ2) is 12.6. The van der Waals surface area contributed by atoms with Crippen molar-refractivity contribution in [1.82, 2.24) is 19.3 Å². The summed E-state index contributed by atoms with van der Waals surface area (Å²) in [6.45, 7) is 4.23. The maximum atomic E-state index is 13.5. The second-order valence-electron chi connectivity index (χ2n) is 6.90. The van der Waals surface area contributed by atoms with Gasteiger partial charge in [0, 0.05) is 49.0 Å². The van der Waals surface area contributed by atoms with Gasteiger partial charge < -0.3 is 15.5 Å². The molecule has 12 heteroatoms. The smallest absolute Gasteiger partial charge is 0.328 e. The van der Waals surface area contributed by atoms with E-state index in [2.05, 4.69) is 21.9 Å². The van der Waals surface area contributed by atoms with Gasteiger partial charge in [-0.15, -0.1) is 6.58 Å². The number of carboxylic acids is 2.